The minimum atomic E-state index is -0.415. The summed E-state index contributed by atoms with van der Waals surface area (Å²) in [6.45, 7) is 6.06. The van der Waals surface area contributed by atoms with Crippen molar-refractivity contribution in [3.05, 3.63) is 52.6 Å². The van der Waals surface area contributed by atoms with Gasteiger partial charge in [0.1, 0.15) is 11.6 Å². The van der Waals surface area contributed by atoms with Gasteiger partial charge in [0.15, 0.2) is 0 Å². The smallest absolute Gasteiger partial charge is 0.229 e. The molecule has 0 aliphatic carbocycles. The molecule has 6 heteroatoms. The van der Waals surface area contributed by atoms with Crippen molar-refractivity contribution in [1.29, 1.82) is 0 Å². The lowest BCUT2D eigenvalue weighted by atomic mass is 10.1. The Bertz CT molecular complexity index is 678. The van der Waals surface area contributed by atoms with Gasteiger partial charge in [0.2, 0.25) is 5.91 Å². The molecule has 0 radical (unpaired) electrons. The molecule has 2 N–H and O–H groups in total. The van der Waals surface area contributed by atoms with Crippen molar-refractivity contribution < 1.29 is 14.3 Å². The minimum Gasteiger partial charge on any atom is -0.508 e. The Balaban J connectivity index is 2.04. The third kappa shape index (κ3) is 4.48. The van der Waals surface area contributed by atoms with E-state index in [1.807, 2.05) is 25.7 Å². The summed E-state index contributed by atoms with van der Waals surface area (Å²) in [7, 11) is 0. The van der Waals surface area contributed by atoms with Gasteiger partial charge in [0.05, 0.1) is 18.7 Å². The van der Waals surface area contributed by atoms with Crippen LogP contribution in [-0.4, -0.2) is 28.0 Å². The monoisotopic (exact) mass is 338 g/mol. The number of rotatable bonds is 3. The lowest BCUT2D eigenvalue weighted by Crippen LogP contribution is -2.40. The van der Waals surface area contributed by atoms with E-state index < -0.39 is 11.7 Å². The summed E-state index contributed by atoms with van der Waals surface area (Å²) in [6.07, 6.45) is 3.22. The van der Waals surface area contributed by atoms with Crippen LogP contribution < -0.4 is 5.32 Å². The van der Waals surface area contributed by atoms with Crippen molar-refractivity contribution in [1.82, 2.24) is 10.2 Å². The Morgan fingerprint density at radius 2 is 2.13 bits per heavy atom. The van der Waals surface area contributed by atoms with Crippen LogP contribution in [0.25, 0.3) is 0 Å². The molecule has 1 aromatic rings. The fraction of sp³-hybridized carbons (Fsp3) is 0.353. The number of allylic oxidation sites excluding steroid dienone is 1. The molecule has 0 aromatic heterocycles. The van der Waals surface area contributed by atoms with Gasteiger partial charge < -0.3 is 15.3 Å². The van der Waals surface area contributed by atoms with Crippen LogP contribution in [0.15, 0.2) is 42.0 Å². The SMILES string of the molecule is CC(C)(C)N1C=CC(NC(=O)Cc2cc(Cl)ccc2O)=C(F)C1. The Kier molecular flexibility index (Phi) is 5.00. The Hall–Kier alpha value is -2.01. The molecule has 0 saturated carbocycles. The van der Waals surface area contributed by atoms with Crippen LogP contribution in [0.5, 0.6) is 5.75 Å². The van der Waals surface area contributed by atoms with E-state index in [4.69, 9.17) is 11.6 Å². The largest absolute Gasteiger partial charge is 0.508 e. The maximum atomic E-state index is 14.2. The first kappa shape index (κ1) is 17.3. The number of hydrogen-bond donors (Lipinski definition) is 2. The number of halogens is 2. The summed E-state index contributed by atoms with van der Waals surface area (Å²) >= 11 is 5.85. The van der Waals surface area contributed by atoms with Crippen LogP contribution in [0.4, 0.5) is 4.39 Å². The molecule has 1 aromatic carbocycles. The van der Waals surface area contributed by atoms with Crippen LogP contribution in [0.3, 0.4) is 0 Å². The molecular weight excluding hydrogens is 319 g/mol. The quantitative estimate of drug-likeness (QED) is 0.886. The third-order valence-electron chi connectivity index (χ3n) is 3.55. The predicted molar refractivity (Wildman–Crippen MR) is 88.7 cm³/mol. The van der Waals surface area contributed by atoms with Crippen LogP contribution in [0.1, 0.15) is 26.3 Å². The first-order valence-corrected chi connectivity index (χ1v) is 7.65. The number of amides is 1. The van der Waals surface area contributed by atoms with Crippen molar-refractivity contribution in [3.8, 4) is 5.75 Å². The van der Waals surface area contributed by atoms with Crippen molar-refractivity contribution in [2.24, 2.45) is 0 Å². The van der Waals surface area contributed by atoms with Crippen LogP contribution in [-0.2, 0) is 11.2 Å². The van der Waals surface area contributed by atoms with Gasteiger partial charge in [-0.05, 0) is 45.0 Å². The van der Waals surface area contributed by atoms with Crippen molar-refractivity contribution >= 4 is 17.5 Å². The topological polar surface area (TPSA) is 52.6 Å². The first-order chi connectivity index (χ1) is 10.7. The average Bonchev–Trinajstić information content (AvgIpc) is 2.44. The molecule has 1 aliphatic rings. The van der Waals surface area contributed by atoms with E-state index in [1.165, 1.54) is 18.2 Å². The molecule has 0 unspecified atom stereocenters. The number of nitrogens with zero attached hydrogens (tertiary/aromatic N) is 1. The summed E-state index contributed by atoms with van der Waals surface area (Å²) in [5.41, 5.74) is 0.347. The highest BCUT2D eigenvalue weighted by Gasteiger charge is 2.24. The summed E-state index contributed by atoms with van der Waals surface area (Å²) in [6, 6.07) is 4.47. The van der Waals surface area contributed by atoms with Crippen molar-refractivity contribution in [2.45, 2.75) is 32.7 Å². The minimum absolute atomic E-state index is 0.0166. The van der Waals surface area contributed by atoms with E-state index in [0.29, 0.717) is 10.6 Å². The number of hydrogen-bond acceptors (Lipinski definition) is 3. The van der Waals surface area contributed by atoms with Crippen LogP contribution in [0.2, 0.25) is 5.02 Å². The van der Waals surface area contributed by atoms with Gasteiger partial charge in [0, 0.05) is 22.3 Å². The third-order valence-corrected chi connectivity index (χ3v) is 3.79. The Morgan fingerprint density at radius 3 is 2.74 bits per heavy atom. The van der Waals surface area contributed by atoms with Gasteiger partial charge in [-0.3, -0.25) is 4.79 Å². The molecule has 23 heavy (non-hydrogen) atoms. The van der Waals surface area contributed by atoms with Crippen molar-refractivity contribution in [2.75, 3.05) is 6.54 Å². The number of phenolic OH excluding ortho intramolecular Hbond substituents is 1. The standard InChI is InChI=1S/C17H20ClFN2O2/c1-17(2,3)21-7-6-14(13(19)10-21)20-16(23)9-11-8-12(18)4-5-15(11)22/h4-8,22H,9-10H2,1-3H3,(H,20,23). The number of phenols is 1. The molecule has 4 nitrogen and oxygen atoms in total. The van der Waals surface area contributed by atoms with E-state index in [1.54, 1.807) is 12.3 Å². The number of carbonyl (C=O) groups is 1. The summed E-state index contributed by atoms with van der Waals surface area (Å²) < 4.78 is 14.2. The predicted octanol–water partition coefficient (Wildman–Crippen LogP) is 3.51. The first-order valence-electron chi connectivity index (χ1n) is 7.27. The highest BCUT2D eigenvalue weighted by Crippen LogP contribution is 2.24. The van der Waals surface area contributed by atoms with Crippen molar-refractivity contribution in [3.63, 3.8) is 0 Å². The zero-order valence-electron chi connectivity index (χ0n) is 13.4. The molecule has 2 rings (SSSR count). The molecule has 0 fully saturated rings. The van der Waals surface area contributed by atoms with Gasteiger partial charge in [-0.25, -0.2) is 4.39 Å². The molecule has 1 heterocycles. The second-order valence-electron chi connectivity index (χ2n) is 6.43. The van der Waals surface area contributed by atoms with Crippen LogP contribution >= 0.6 is 11.6 Å². The highest BCUT2D eigenvalue weighted by molar-refractivity contribution is 6.30. The molecule has 0 spiro atoms. The van der Waals surface area contributed by atoms with E-state index in [0.717, 1.165) is 0 Å². The highest BCUT2D eigenvalue weighted by atomic mass is 35.5. The van der Waals surface area contributed by atoms with Crippen LogP contribution in [0, 0.1) is 0 Å². The zero-order chi connectivity index (χ0) is 17.2. The molecule has 0 saturated heterocycles. The molecule has 1 aliphatic heterocycles. The second kappa shape index (κ2) is 6.62. The summed E-state index contributed by atoms with van der Waals surface area (Å²) in [4.78, 5) is 13.9. The maximum absolute atomic E-state index is 14.2. The fourth-order valence-corrected chi connectivity index (χ4v) is 2.37. The fourth-order valence-electron chi connectivity index (χ4n) is 2.18. The molecule has 0 atom stereocenters. The Labute approximate surface area is 140 Å². The van der Waals surface area contributed by atoms with E-state index in [9.17, 15) is 14.3 Å². The average molecular weight is 339 g/mol. The lowest BCUT2D eigenvalue weighted by Gasteiger charge is -2.36. The van der Waals surface area contributed by atoms with Gasteiger partial charge in [0.25, 0.3) is 0 Å². The number of carbonyl (C=O) groups excluding carboxylic acids is 1. The number of benzene rings is 1. The zero-order valence-corrected chi connectivity index (χ0v) is 14.1. The molecular formula is C17H20ClFN2O2. The molecule has 1 amide bonds. The normalized spacial score (nSPS) is 15.1. The van der Waals surface area contributed by atoms with Gasteiger partial charge in [-0.1, -0.05) is 11.6 Å². The maximum Gasteiger partial charge on any atom is 0.229 e. The van der Waals surface area contributed by atoms with Gasteiger partial charge in [-0.15, -0.1) is 0 Å². The van der Waals surface area contributed by atoms with E-state index in [2.05, 4.69) is 5.32 Å². The Morgan fingerprint density at radius 1 is 1.43 bits per heavy atom. The molecule has 124 valence electrons. The van der Waals surface area contributed by atoms with E-state index in [-0.39, 0.29) is 30.0 Å². The lowest BCUT2D eigenvalue weighted by molar-refractivity contribution is -0.119. The second-order valence-corrected chi connectivity index (χ2v) is 6.87. The number of nitrogens with one attached hydrogen (secondary N) is 1. The summed E-state index contributed by atoms with van der Waals surface area (Å²) in [5, 5.41) is 12.7. The van der Waals surface area contributed by atoms with E-state index >= 15 is 0 Å². The van der Waals surface area contributed by atoms with Gasteiger partial charge in [-0.2, -0.15) is 0 Å². The molecule has 0 bridgehead atoms. The number of aromatic hydroxyl groups is 1. The summed E-state index contributed by atoms with van der Waals surface area (Å²) in [5.74, 6) is -0.829. The van der Waals surface area contributed by atoms with Gasteiger partial charge >= 0.3 is 0 Å².